The molecule has 0 aromatic heterocycles. The minimum atomic E-state index is -3.73. The van der Waals surface area contributed by atoms with Gasteiger partial charge in [-0.15, -0.1) is 0 Å². The molecule has 29 heavy (non-hydrogen) atoms. The summed E-state index contributed by atoms with van der Waals surface area (Å²) in [5, 5.41) is 0. The fourth-order valence-electron chi connectivity index (χ4n) is 3.12. The number of methoxy groups -OCH3 is 2. The summed E-state index contributed by atoms with van der Waals surface area (Å²) >= 11 is 0. The van der Waals surface area contributed by atoms with Gasteiger partial charge in [-0.3, -0.25) is 0 Å². The highest BCUT2D eigenvalue weighted by molar-refractivity contribution is 7.89. The summed E-state index contributed by atoms with van der Waals surface area (Å²) in [6.07, 6.45) is 0. The third kappa shape index (κ3) is 4.75. The number of nitrogens with zero attached hydrogens (tertiary/aromatic N) is 1. The Balaban J connectivity index is 1.80. The van der Waals surface area contributed by atoms with E-state index in [0.29, 0.717) is 36.2 Å². The van der Waals surface area contributed by atoms with E-state index in [2.05, 4.69) is 4.72 Å². The monoisotopic (exact) mass is 422 g/mol. The third-order valence-electron chi connectivity index (χ3n) is 4.71. The molecule has 0 amide bonds. The Morgan fingerprint density at radius 2 is 1.69 bits per heavy atom. The quantitative estimate of drug-likeness (QED) is 0.697. The van der Waals surface area contributed by atoms with Crippen LogP contribution in [0.15, 0.2) is 41.3 Å². The van der Waals surface area contributed by atoms with Crippen molar-refractivity contribution in [2.75, 3.05) is 48.1 Å². The van der Waals surface area contributed by atoms with Crippen LogP contribution in [0.5, 0.6) is 23.0 Å². The molecule has 1 heterocycles. The Labute approximate surface area is 171 Å². The van der Waals surface area contributed by atoms with Gasteiger partial charge in [-0.2, -0.15) is 0 Å². The minimum absolute atomic E-state index is 0.131. The number of nitrogens with one attached hydrogen (secondary N) is 1. The number of hydrogen-bond acceptors (Lipinski definition) is 7. The zero-order valence-corrected chi connectivity index (χ0v) is 17.8. The maximum absolute atomic E-state index is 12.8. The lowest BCUT2D eigenvalue weighted by Gasteiger charge is -2.26. The molecule has 0 saturated heterocycles. The lowest BCUT2D eigenvalue weighted by molar-refractivity contribution is 0.171. The van der Waals surface area contributed by atoms with Gasteiger partial charge < -0.3 is 23.8 Å². The number of likely N-dealkylation sites (N-methyl/N-ethyl adjacent to an activating group) is 1. The van der Waals surface area contributed by atoms with E-state index < -0.39 is 10.0 Å². The summed E-state index contributed by atoms with van der Waals surface area (Å²) < 4.78 is 49.9. The van der Waals surface area contributed by atoms with E-state index in [-0.39, 0.29) is 17.5 Å². The van der Waals surface area contributed by atoms with Crippen LogP contribution >= 0.6 is 0 Å². The highest BCUT2D eigenvalue weighted by Crippen LogP contribution is 2.33. The topological polar surface area (TPSA) is 86.3 Å². The van der Waals surface area contributed by atoms with Crippen molar-refractivity contribution < 1.29 is 27.4 Å². The van der Waals surface area contributed by atoms with Crippen molar-refractivity contribution in [2.45, 2.75) is 10.9 Å². The number of rotatable bonds is 8. The van der Waals surface area contributed by atoms with Crippen molar-refractivity contribution in [2.24, 2.45) is 0 Å². The molecule has 2 aromatic carbocycles. The molecular weight excluding hydrogens is 396 g/mol. The van der Waals surface area contributed by atoms with Crippen LogP contribution < -0.4 is 23.7 Å². The summed E-state index contributed by atoms with van der Waals surface area (Å²) in [6, 6.07) is 9.95. The molecule has 8 nitrogen and oxygen atoms in total. The average molecular weight is 423 g/mol. The number of benzene rings is 2. The molecule has 0 bridgehead atoms. The fourth-order valence-corrected chi connectivity index (χ4v) is 4.17. The van der Waals surface area contributed by atoms with Gasteiger partial charge >= 0.3 is 0 Å². The standard InChI is InChI=1S/C20H26N2O6S/c1-22(2)16(14-5-7-17(25-3)19(11-14)26-4)13-21-29(23,24)15-6-8-18-20(12-15)28-10-9-27-18/h5-8,11-12,16,21H,9-10,13H2,1-4H3/t16-/m0/s1. The molecule has 2 aromatic rings. The van der Waals surface area contributed by atoms with E-state index in [1.165, 1.54) is 12.1 Å². The van der Waals surface area contributed by atoms with Crippen LogP contribution in [0.1, 0.15) is 11.6 Å². The molecule has 1 aliphatic heterocycles. The Kier molecular flexibility index (Phi) is 6.51. The zero-order chi connectivity index (χ0) is 21.0. The second-order valence-electron chi connectivity index (χ2n) is 6.75. The van der Waals surface area contributed by atoms with Gasteiger partial charge in [0.1, 0.15) is 13.2 Å². The number of fused-ring (bicyclic) bond motifs is 1. The molecule has 3 rings (SSSR count). The first-order valence-corrected chi connectivity index (χ1v) is 10.6. The van der Waals surface area contributed by atoms with Gasteiger partial charge in [0.25, 0.3) is 0 Å². The number of hydrogen-bond donors (Lipinski definition) is 1. The van der Waals surface area contributed by atoms with Crippen LogP contribution in [0.2, 0.25) is 0 Å². The molecule has 0 aliphatic carbocycles. The predicted molar refractivity (Wildman–Crippen MR) is 109 cm³/mol. The van der Waals surface area contributed by atoms with E-state index in [9.17, 15) is 8.42 Å². The molecule has 158 valence electrons. The van der Waals surface area contributed by atoms with Gasteiger partial charge in [-0.25, -0.2) is 13.1 Å². The van der Waals surface area contributed by atoms with Crippen molar-refractivity contribution in [1.82, 2.24) is 9.62 Å². The van der Waals surface area contributed by atoms with Gasteiger partial charge in [0.05, 0.1) is 19.1 Å². The van der Waals surface area contributed by atoms with E-state index in [1.54, 1.807) is 26.4 Å². The van der Waals surface area contributed by atoms with Gasteiger partial charge in [0.15, 0.2) is 23.0 Å². The van der Waals surface area contributed by atoms with Crippen molar-refractivity contribution in [1.29, 1.82) is 0 Å². The van der Waals surface area contributed by atoms with E-state index >= 15 is 0 Å². The van der Waals surface area contributed by atoms with E-state index in [4.69, 9.17) is 18.9 Å². The van der Waals surface area contributed by atoms with Gasteiger partial charge in [0, 0.05) is 18.7 Å². The Morgan fingerprint density at radius 3 is 2.34 bits per heavy atom. The molecule has 0 radical (unpaired) electrons. The molecule has 1 atom stereocenters. The summed E-state index contributed by atoms with van der Waals surface area (Å²) in [5.41, 5.74) is 0.900. The van der Waals surface area contributed by atoms with Crippen molar-refractivity contribution in [3.63, 3.8) is 0 Å². The summed E-state index contributed by atoms with van der Waals surface area (Å²) in [5.74, 6) is 2.19. The predicted octanol–water partition coefficient (Wildman–Crippen LogP) is 2.06. The average Bonchev–Trinajstić information content (AvgIpc) is 2.73. The lowest BCUT2D eigenvalue weighted by atomic mass is 10.1. The van der Waals surface area contributed by atoms with Crippen LogP contribution in [0.3, 0.4) is 0 Å². The second-order valence-corrected chi connectivity index (χ2v) is 8.52. The first kappa shape index (κ1) is 21.2. The van der Waals surface area contributed by atoms with Crippen LogP contribution in [-0.4, -0.2) is 61.4 Å². The normalized spacial score (nSPS) is 14.5. The SMILES string of the molecule is COc1ccc([C@H](CNS(=O)(=O)c2ccc3c(c2)OCCO3)N(C)C)cc1OC. The fraction of sp³-hybridized carbons (Fsp3) is 0.400. The summed E-state index contributed by atoms with van der Waals surface area (Å²) in [4.78, 5) is 2.07. The van der Waals surface area contributed by atoms with Crippen LogP contribution in [0, 0.1) is 0 Å². The second kappa shape index (κ2) is 8.89. The Hall–Kier alpha value is -2.49. The maximum atomic E-state index is 12.8. The molecule has 1 aliphatic rings. The van der Waals surface area contributed by atoms with Crippen LogP contribution in [0.4, 0.5) is 0 Å². The minimum Gasteiger partial charge on any atom is -0.493 e. The third-order valence-corrected chi connectivity index (χ3v) is 6.13. The Bertz CT molecular complexity index is 961. The first-order valence-electron chi connectivity index (χ1n) is 9.13. The van der Waals surface area contributed by atoms with Crippen molar-refractivity contribution in [3.8, 4) is 23.0 Å². The summed E-state index contributed by atoms with van der Waals surface area (Å²) in [7, 11) is 3.19. The van der Waals surface area contributed by atoms with Crippen LogP contribution in [-0.2, 0) is 10.0 Å². The summed E-state index contributed by atoms with van der Waals surface area (Å²) in [6.45, 7) is 1.03. The van der Waals surface area contributed by atoms with E-state index in [0.717, 1.165) is 5.56 Å². The molecule has 9 heteroatoms. The van der Waals surface area contributed by atoms with Crippen LogP contribution in [0.25, 0.3) is 0 Å². The Morgan fingerprint density at radius 1 is 1.00 bits per heavy atom. The molecule has 0 fully saturated rings. The van der Waals surface area contributed by atoms with Crippen molar-refractivity contribution >= 4 is 10.0 Å². The number of ether oxygens (including phenoxy) is 4. The molecule has 1 N–H and O–H groups in total. The van der Waals surface area contributed by atoms with E-state index in [1.807, 2.05) is 31.1 Å². The molecule has 0 unspecified atom stereocenters. The maximum Gasteiger partial charge on any atom is 0.240 e. The lowest BCUT2D eigenvalue weighted by Crippen LogP contribution is -2.34. The van der Waals surface area contributed by atoms with Crippen molar-refractivity contribution in [3.05, 3.63) is 42.0 Å². The number of sulfonamides is 1. The molecule has 0 saturated carbocycles. The first-order chi connectivity index (χ1) is 13.9. The smallest absolute Gasteiger partial charge is 0.240 e. The largest absolute Gasteiger partial charge is 0.493 e. The molecule has 0 spiro atoms. The highest BCUT2D eigenvalue weighted by atomic mass is 32.2. The van der Waals surface area contributed by atoms with Gasteiger partial charge in [-0.1, -0.05) is 6.07 Å². The molecular formula is C20H26N2O6S. The zero-order valence-electron chi connectivity index (χ0n) is 17.0. The van der Waals surface area contributed by atoms with Gasteiger partial charge in [-0.05, 0) is 43.9 Å². The van der Waals surface area contributed by atoms with Gasteiger partial charge in [0.2, 0.25) is 10.0 Å². The highest BCUT2D eigenvalue weighted by Gasteiger charge is 2.23.